The van der Waals surface area contributed by atoms with E-state index in [2.05, 4.69) is 27.7 Å². The Morgan fingerprint density at radius 3 is 1.12 bits per heavy atom. The zero-order valence-electron chi connectivity index (χ0n) is 28.2. The summed E-state index contributed by atoms with van der Waals surface area (Å²) in [5.41, 5.74) is 0. The fourth-order valence-electron chi connectivity index (χ4n) is 4.62. The summed E-state index contributed by atoms with van der Waals surface area (Å²) < 4.78 is 42.9. The molecule has 0 radical (unpaired) electrons. The SMILES string of the molecule is CCCCCC(OCC)=C(OCC)C(CCCC)OCOCOC(CCCC)C(OCC)=C(CCCCC)OCC. The molecule has 0 aliphatic carbocycles. The van der Waals surface area contributed by atoms with Crippen LogP contribution < -0.4 is 0 Å². The van der Waals surface area contributed by atoms with Crippen LogP contribution in [0.5, 0.6) is 0 Å². The van der Waals surface area contributed by atoms with Gasteiger partial charge in [0.1, 0.15) is 23.7 Å². The van der Waals surface area contributed by atoms with Crippen molar-refractivity contribution < 1.29 is 33.2 Å². The molecule has 244 valence electrons. The molecule has 0 N–H and O–H groups in total. The zero-order chi connectivity index (χ0) is 30.6. The Kier molecular flexibility index (Phi) is 27.7. The van der Waals surface area contributed by atoms with Gasteiger partial charge in [-0.3, -0.25) is 0 Å². The molecule has 0 aromatic heterocycles. The summed E-state index contributed by atoms with van der Waals surface area (Å²) in [6.07, 6.45) is 14.0. The summed E-state index contributed by atoms with van der Waals surface area (Å²) in [4.78, 5) is 0. The molecule has 0 saturated carbocycles. The molecule has 0 bridgehead atoms. The highest BCUT2D eigenvalue weighted by Crippen LogP contribution is 2.26. The Morgan fingerprint density at radius 2 is 0.805 bits per heavy atom. The molecule has 0 aromatic rings. The normalized spacial score (nSPS) is 14.2. The molecule has 0 aliphatic heterocycles. The summed E-state index contributed by atoms with van der Waals surface area (Å²) in [6.45, 7) is 19.5. The molecule has 0 aliphatic rings. The molecular formula is C34H66O7. The van der Waals surface area contributed by atoms with Gasteiger partial charge >= 0.3 is 0 Å². The highest BCUT2D eigenvalue weighted by molar-refractivity contribution is 5.09. The molecule has 41 heavy (non-hydrogen) atoms. The van der Waals surface area contributed by atoms with Crippen LogP contribution in [0.2, 0.25) is 0 Å². The predicted octanol–water partition coefficient (Wildman–Crippen LogP) is 9.80. The first-order valence-electron chi connectivity index (χ1n) is 16.9. The van der Waals surface area contributed by atoms with E-state index in [1.165, 1.54) is 0 Å². The van der Waals surface area contributed by atoms with Gasteiger partial charge in [-0.05, 0) is 53.4 Å². The maximum Gasteiger partial charge on any atom is 0.162 e. The van der Waals surface area contributed by atoms with E-state index in [-0.39, 0.29) is 25.8 Å². The van der Waals surface area contributed by atoms with E-state index in [4.69, 9.17) is 33.2 Å². The second-order valence-corrected chi connectivity index (χ2v) is 10.3. The highest BCUT2D eigenvalue weighted by atomic mass is 16.7. The average Bonchev–Trinajstić information content (AvgIpc) is 2.97. The minimum atomic E-state index is -0.212. The van der Waals surface area contributed by atoms with E-state index in [1.54, 1.807) is 0 Å². The van der Waals surface area contributed by atoms with Crippen molar-refractivity contribution in [1.82, 2.24) is 0 Å². The Labute approximate surface area is 253 Å². The molecule has 2 unspecified atom stereocenters. The largest absolute Gasteiger partial charge is 0.495 e. The summed E-state index contributed by atoms with van der Waals surface area (Å²) in [5, 5.41) is 0. The summed E-state index contributed by atoms with van der Waals surface area (Å²) in [5.74, 6) is 3.47. The van der Waals surface area contributed by atoms with Crippen molar-refractivity contribution in [2.45, 2.75) is 157 Å². The van der Waals surface area contributed by atoms with Crippen molar-refractivity contribution in [2.24, 2.45) is 0 Å². The highest BCUT2D eigenvalue weighted by Gasteiger charge is 2.24. The van der Waals surface area contributed by atoms with Gasteiger partial charge in [-0.1, -0.05) is 79.1 Å². The summed E-state index contributed by atoms with van der Waals surface area (Å²) in [7, 11) is 0. The van der Waals surface area contributed by atoms with Crippen molar-refractivity contribution in [3.05, 3.63) is 23.0 Å². The zero-order valence-corrected chi connectivity index (χ0v) is 28.2. The standard InChI is InChI=1S/C34H66O7/c1-9-17-21-25-29(36-13-5)33(38-15-7)31(23-19-11-3)40-27-35-28-41-32(24-20-12-4)34(39-16-8)30(37-14-6)26-22-18-10-2/h31-32H,9-28H2,1-8H3. The molecule has 0 aromatic carbocycles. The van der Waals surface area contributed by atoms with Gasteiger partial charge in [0.15, 0.2) is 25.1 Å². The summed E-state index contributed by atoms with van der Waals surface area (Å²) >= 11 is 0. The average molecular weight is 587 g/mol. The van der Waals surface area contributed by atoms with Gasteiger partial charge in [0.25, 0.3) is 0 Å². The fraction of sp³-hybridized carbons (Fsp3) is 0.882. The first-order valence-corrected chi connectivity index (χ1v) is 16.9. The second kappa shape index (κ2) is 28.7. The molecule has 0 amide bonds. The lowest BCUT2D eigenvalue weighted by molar-refractivity contribution is -0.167. The topological polar surface area (TPSA) is 64.6 Å². The first kappa shape index (κ1) is 39.6. The van der Waals surface area contributed by atoms with Crippen LogP contribution in [-0.4, -0.2) is 52.2 Å². The van der Waals surface area contributed by atoms with Crippen LogP contribution in [0.4, 0.5) is 0 Å². The van der Waals surface area contributed by atoms with Gasteiger partial charge in [0.05, 0.1) is 26.4 Å². The molecule has 0 saturated heterocycles. The monoisotopic (exact) mass is 586 g/mol. The maximum atomic E-state index is 6.28. The molecule has 0 spiro atoms. The summed E-state index contributed by atoms with van der Waals surface area (Å²) in [6, 6.07) is 0. The number of allylic oxidation sites excluding steroid dienone is 2. The van der Waals surface area contributed by atoms with Crippen LogP contribution >= 0.6 is 0 Å². The van der Waals surface area contributed by atoms with Gasteiger partial charge in [-0.25, -0.2) is 0 Å². The minimum Gasteiger partial charge on any atom is -0.495 e. The fourth-order valence-corrected chi connectivity index (χ4v) is 4.62. The third-order valence-corrected chi connectivity index (χ3v) is 6.73. The molecule has 2 atom stereocenters. The number of hydrogen-bond donors (Lipinski definition) is 0. The Hall–Kier alpha value is -1.44. The van der Waals surface area contributed by atoms with Gasteiger partial charge in [-0.2, -0.15) is 0 Å². The van der Waals surface area contributed by atoms with Crippen molar-refractivity contribution in [3.63, 3.8) is 0 Å². The van der Waals surface area contributed by atoms with E-state index in [9.17, 15) is 0 Å². The Balaban J connectivity index is 5.57. The minimum absolute atomic E-state index is 0.113. The maximum absolute atomic E-state index is 6.28. The third kappa shape index (κ3) is 18.7. The first-order chi connectivity index (χ1) is 20.1. The van der Waals surface area contributed by atoms with Gasteiger partial charge in [0.2, 0.25) is 0 Å². The number of rotatable bonds is 30. The predicted molar refractivity (Wildman–Crippen MR) is 168 cm³/mol. The van der Waals surface area contributed by atoms with Crippen LogP contribution in [0, 0.1) is 0 Å². The van der Waals surface area contributed by atoms with Crippen LogP contribution in [0.25, 0.3) is 0 Å². The lowest BCUT2D eigenvalue weighted by Gasteiger charge is -2.25. The smallest absolute Gasteiger partial charge is 0.162 e. The molecular weight excluding hydrogens is 520 g/mol. The molecule has 7 nitrogen and oxygen atoms in total. The number of unbranched alkanes of at least 4 members (excludes halogenated alkanes) is 6. The Bertz CT molecular complexity index is 593. The quantitative estimate of drug-likeness (QED) is 0.0471. The number of hydrogen-bond acceptors (Lipinski definition) is 7. The second-order valence-electron chi connectivity index (χ2n) is 10.3. The lowest BCUT2D eigenvalue weighted by atomic mass is 10.1. The number of ether oxygens (including phenoxy) is 7. The van der Waals surface area contributed by atoms with E-state index >= 15 is 0 Å². The Morgan fingerprint density at radius 1 is 0.439 bits per heavy atom. The van der Waals surface area contributed by atoms with Gasteiger partial charge in [0, 0.05) is 12.8 Å². The molecule has 0 heterocycles. The van der Waals surface area contributed by atoms with Crippen LogP contribution in [0.15, 0.2) is 23.0 Å². The third-order valence-electron chi connectivity index (χ3n) is 6.73. The lowest BCUT2D eigenvalue weighted by Crippen LogP contribution is -2.25. The van der Waals surface area contributed by atoms with E-state index < -0.39 is 0 Å². The van der Waals surface area contributed by atoms with E-state index in [1.807, 2.05) is 27.7 Å². The van der Waals surface area contributed by atoms with Crippen molar-refractivity contribution in [2.75, 3.05) is 40.0 Å². The van der Waals surface area contributed by atoms with Crippen LogP contribution in [0.1, 0.15) is 145 Å². The van der Waals surface area contributed by atoms with Crippen molar-refractivity contribution in [1.29, 1.82) is 0 Å². The van der Waals surface area contributed by atoms with Crippen LogP contribution in [0.3, 0.4) is 0 Å². The molecule has 0 rings (SSSR count). The van der Waals surface area contributed by atoms with E-state index in [0.29, 0.717) is 26.4 Å². The molecule has 7 heteroatoms. The van der Waals surface area contributed by atoms with Crippen LogP contribution in [-0.2, 0) is 33.2 Å². The van der Waals surface area contributed by atoms with Gasteiger partial charge < -0.3 is 33.2 Å². The molecule has 0 fully saturated rings. The van der Waals surface area contributed by atoms with Crippen molar-refractivity contribution >= 4 is 0 Å². The van der Waals surface area contributed by atoms with E-state index in [0.717, 1.165) is 113 Å². The van der Waals surface area contributed by atoms with Gasteiger partial charge in [-0.15, -0.1) is 0 Å². The van der Waals surface area contributed by atoms with Crippen molar-refractivity contribution in [3.8, 4) is 0 Å².